The van der Waals surface area contributed by atoms with Gasteiger partial charge in [-0.3, -0.25) is 0 Å². The molecule has 1 fully saturated rings. The lowest BCUT2D eigenvalue weighted by molar-refractivity contribution is 0.0138. The molecule has 1 saturated heterocycles. The van der Waals surface area contributed by atoms with E-state index in [1.54, 1.807) is 9.21 Å². The Morgan fingerprint density at radius 1 is 1.33 bits per heavy atom. The lowest BCUT2D eigenvalue weighted by Gasteiger charge is -2.37. The fourth-order valence-corrected chi connectivity index (χ4v) is 4.81. The Morgan fingerprint density at radius 2 is 2.00 bits per heavy atom. The first-order valence-electron chi connectivity index (χ1n) is 9.80. The molecule has 1 heterocycles. The number of carbonyl (C=O) groups excluding carboxylic acids is 1. The molecule has 0 radical (unpaired) electrons. The smallest absolute Gasteiger partial charge is 0.410 e. The summed E-state index contributed by atoms with van der Waals surface area (Å²) in [5, 5.41) is 8.57. The number of hydrogen-bond acceptors (Lipinski definition) is 5. The monoisotopic (exact) mass is 401 g/mol. The lowest BCUT2D eigenvalue weighted by Crippen LogP contribution is -2.48. The minimum Gasteiger partial charge on any atom is -0.444 e. The van der Waals surface area contributed by atoms with Crippen LogP contribution < -0.4 is 0 Å². The minimum absolute atomic E-state index is 0.0159. The zero-order valence-corrected chi connectivity index (χ0v) is 18.2. The lowest BCUT2D eigenvalue weighted by atomic mass is 9.98. The Labute approximate surface area is 164 Å². The van der Waals surface area contributed by atoms with Crippen molar-refractivity contribution in [1.82, 2.24) is 9.21 Å². The van der Waals surface area contributed by atoms with Crippen LogP contribution in [0.2, 0.25) is 0 Å². The highest BCUT2D eigenvalue weighted by Crippen LogP contribution is 2.23. The zero-order chi connectivity index (χ0) is 20.7. The van der Waals surface area contributed by atoms with Gasteiger partial charge in [0.15, 0.2) is 0 Å². The summed E-state index contributed by atoms with van der Waals surface area (Å²) in [5.74, 6) is 0.184. The number of piperidine rings is 1. The summed E-state index contributed by atoms with van der Waals surface area (Å²) in [4.78, 5) is 14.2. The normalized spacial score (nSPS) is 18.9. The minimum atomic E-state index is -3.31. The highest BCUT2D eigenvalue weighted by Gasteiger charge is 2.32. The summed E-state index contributed by atoms with van der Waals surface area (Å²) >= 11 is 0. The van der Waals surface area contributed by atoms with Gasteiger partial charge in [-0.2, -0.15) is 5.26 Å². The Morgan fingerprint density at radius 3 is 2.56 bits per heavy atom. The molecule has 0 N–H and O–H groups in total. The fourth-order valence-electron chi connectivity index (χ4n) is 3.14. The maximum atomic E-state index is 12.6. The van der Waals surface area contributed by atoms with E-state index in [0.29, 0.717) is 38.9 Å². The van der Waals surface area contributed by atoms with Gasteiger partial charge in [-0.05, 0) is 66.2 Å². The van der Waals surface area contributed by atoms with Crippen molar-refractivity contribution in [1.29, 1.82) is 5.26 Å². The van der Waals surface area contributed by atoms with Crippen LogP contribution in [0.5, 0.6) is 0 Å². The molecule has 0 bridgehead atoms. The third-order valence-electron chi connectivity index (χ3n) is 4.52. The molecule has 7 nitrogen and oxygen atoms in total. The maximum absolute atomic E-state index is 12.6. The first kappa shape index (κ1) is 23.7. The first-order valence-corrected chi connectivity index (χ1v) is 11.4. The number of nitrogens with zero attached hydrogens (tertiary/aromatic N) is 3. The van der Waals surface area contributed by atoms with Gasteiger partial charge in [0.1, 0.15) is 5.60 Å². The standard InChI is InChI=1S/C19H35N3O4S/c1-16(2)22(18(23)26-19(3,4)5)15-17-10-9-12-21(14-17)27(24,25)13-8-6-7-11-20/h16-17H,6-10,12-15H2,1-5H3. The van der Waals surface area contributed by atoms with Gasteiger partial charge in [-0.25, -0.2) is 17.5 Å². The van der Waals surface area contributed by atoms with Crippen molar-refractivity contribution in [2.75, 3.05) is 25.4 Å². The zero-order valence-electron chi connectivity index (χ0n) is 17.4. The highest BCUT2D eigenvalue weighted by atomic mass is 32.2. The second-order valence-corrected chi connectivity index (χ2v) is 10.6. The van der Waals surface area contributed by atoms with E-state index in [9.17, 15) is 13.2 Å². The molecule has 0 aromatic rings. The Bertz CT molecular complexity index is 620. The summed E-state index contributed by atoms with van der Waals surface area (Å²) < 4.78 is 32.2. The van der Waals surface area contributed by atoms with Crippen LogP contribution in [0.4, 0.5) is 4.79 Å². The van der Waals surface area contributed by atoms with Crippen LogP contribution in [0.15, 0.2) is 0 Å². The first-order chi connectivity index (χ1) is 12.5. The number of ether oxygens (including phenoxy) is 1. The van der Waals surface area contributed by atoms with E-state index in [4.69, 9.17) is 10.00 Å². The summed E-state index contributed by atoms with van der Waals surface area (Å²) in [6.45, 7) is 10.9. The highest BCUT2D eigenvalue weighted by molar-refractivity contribution is 7.89. The average molecular weight is 402 g/mol. The van der Waals surface area contributed by atoms with Gasteiger partial charge in [0.05, 0.1) is 11.8 Å². The van der Waals surface area contributed by atoms with E-state index in [0.717, 1.165) is 12.8 Å². The van der Waals surface area contributed by atoms with Crippen LogP contribution in [-0.2, 0) is 14.8 Å². The number of carbonyl (C=O) groups is 1. The van der Waals surface area contributed by atoms with Gasteiger partial charge >= 0.3 is 6.09 Å². The molecular formula is C19H35N3O4S. The Hall–Kier alpha value is -1.33. The quantitative estimate of drug-likeness (QED) is 0.582. The fraction of sp³-hybridized carbons (Fsp3) is 0.895. The van der Waals surface area contributed by atoms with Crippen molar-refractivity contribution < 1.29 is 17.9 Å². The molecule has 1 atom stereocenters. The predicted octanol–water partition coefficient (Wildman–Crippen LogP) is 3.37. The maximum Gasteiger partial charge on any atom is 0.410 e. The number of rotatable bonds is 8. The van der Waals surface area contributed by atoms with Crippen LogP contribution in [0.25, 0.3) is 0 Å². The molecular weight excluding hydrogens is 366 g/mol. The van der Waals surface area contributed by atoms with Crippen LogP contribution in [-0.4, -0.2) is 60.7 Å². The third kappa shape index (κ3) is 8.48. The summed E-state index contributed by atoms with van der Waals surface area (Å²) in [7, 11) is -3.31. The molecule has 1 unspecified atom stereocenters. The van der Waals surface area contributed by atoms with Crippen molar-refractivity contribution in [3.05, 3.63) is 0 Å². The molecule has 0 aromatic heterocycles. The van der Waals surface area contributed by atoms with Crippen molar-refractivity contribution in [3.8, 4) is 6.07 Å². The van der Waals surface area contributed by atoms with Gasteiger partial charge in [0.2, 0.25) is 10.0 Å². The number of amides is 1. The largest absolute Gasteiger partial charge is 0.444 e. The average Bonchev–Trinajstić information content (AvgIpc) is 2.55. The van der Waals surface area contributed by atoms with Crippen LogP contribution in [0.3, 0.4) is 0 Å². The molecule has 27 heavy (non-hydrogen) atoms. The molecule has 0 spiro atoms. The predicted molar refractivity (Wildman–Crippen MR) is 106 cm³/mol. The molecule has 156 valence electrons. The second kappa shape index (κ2) is 10.3. The van der Waals surface area contributed by atoms with Gasteiger partial charge in [-0.15, -0.1) is 0 Å². The van der Waals surface area contributed by atoms with E-state index in [2.05, 4.69) is 0 Å². The Balaban J connectivity index is 2.69. The van der Waals surface area contributed by atoms with Gasteiger partial charge in [0, 0.05) is 32.1 Å². The number of nitriles is 1. The topological polar surface area (TPSA) is 90.7 Å². The summed E-state index contributed by atoms with van der Waals surface area (Å²) in [6, 6.07) is 2.03. The van der Waals surface area contributed by atoms with Crippen molar-refractivity contribution in [2.24, 2.45) is 5.92 Å². The summed E-state index contributed by atoms with van der Waals surface area (Å²) in [6.07, 6.45) is 2.83. The van der Waals surface area contributed by atoms with Crippen molar-refractivity contribution >= 4 is 16.1 Å². The molecule has 1 rings (SSSR count). The molecule has 1 amide bonds. The molecule has 1 aliphatic heterocycles. The van der Waals surface area contributed by atoms with Crippen molar-refractivity contribution in [3.63, 3.8) is 0 Å². The van der Waals surface area contributed by atoms with E-state index < -0.39 is 15.6 Å². The molecule has 0 aliphatic carbocycles. The molecule has 0 saturated carbocycles. The SMILES string of the molecule is CC(C)N(CC1CCCN(S(=O)(=O)CCCCC#N)C1)C(=O)OC(C)(C)C. The molecule has 8 heteroatoms. The van der Waals surface area contributed by atoms with E-state index in [1.807, 2.05) is 40.7 Å². The van der Waals surface area contributed by atoms with Crippen LogP contribution >= 0.6 is 0 Å². The number of unbranched alkanes of at least 4 members (excludes halogenated alkanes) is 2. The molecule has 1 aliphatic rings. The van der Waals surface area contributed by atoms with Crippen LogP contribution in [0, 0.1) is 17.2 Å². The third-order valence-corrected chi connectivity index (χ3v) is 6.45. The van der Waals surface area contributed by atoms with E-state index in [1.165, 1.54) is 0 Å². The van der Waals surface area contributed by atoms with Crippen LogP contribution in [0.1, 0.15) is 66.7 Å². The van der Waals surface area contributed by atoms with Gasteiger partial charge in [0.25, 0.3) is 0 Å². The second-order valence-electron chi connectivity index (χ2n) is 8.52. The van der Waals surface area contributed by atoms with Gasteiger partial charge < -0.3 is 9.64 Å². The van der Waals surface area contributed by atoms with E-state index >= 15 is 0 Å². The molecule has 0 aromatic carbocycles. The number of hydrogen-bond donors (Lipinski definition) is 0. The number of sulfonamides is 1. The summed E-state index contributed by atoms with van der Waals surface area (Å²) in [5.41, 5.74) is -0.560. The van der Waals surface area contributed by atoms with Crippen molar-refractivity contribution in [2.45, 2.75) is 78.4 Å². The Kier molecular flexibility index (Phi) is 9.03. The van der Waals surface area contributed by atoms with E-state index in [-0.39, 0.29) is 23.8 Å². The van der Waals surface area contributed by atoms with Gasteiger partial charge in [-0.1, -0.05) is 0 Å².